The number of nitro groups is 1. The van der Waals surface area contributed by atoms with Gasteiger partial charge in [-0.05, 0) is 38.2 Å². The van der Waals surface area contributed by atoms with Gasteiger partial charge >= 0.3 is 5.69 Å². The molecule has 0 bridgehead atoms. The van der Waals surface area contributed by atoms with Crippen molar-refractivity contribution in [2.24, 2.45) is 0 Å². The number of fused-ring (bicyclic) bond motifs is 2. The lowest BCUT2D eigenvalue weighted by atomic mass is 9.92. The first-order chi connectivity index (χ1) is 8.70. The molecule has 1 aromatic carbocycles. The van der Waals surface area contributed by atoms with Crippen LogP contribution < -0.4 is 9.47 Å². The Morgan fingerprint density at radius 3 is 2.33 bits per heavy atom. The minimum atomic E-state index is -0.322. The molecule has 0 aromatic heterocycles. The highest BCUT2D eigenvalue weighted by Crippen LogP contribution is 2.47. The van der Waals surface area contributed by atoms with Gasteiger partial charge < -0.3 is 9.47 Å². The molecule has 18 heavy (non-hydrogen) atoms. The molecule has 0 saturated heterocycles. The maximum absolute atomic E-state index is 11.3. The highest BCUT2D eigenvalue weighted by Gasteiger charge is 2.33. The predicted octanol–water partition coefficient (Wildman–Crippen LogP) is 2.55. The number of nitro benzene ring substituents is 1. The first-order valence-corrected chi connectivity index (χ1v) is 6.28. The number of rotatable bonds is 1. The summed E-state index contributed by atoms with van der Waals surface area (Å²) < 4.78 is 11.2. The highest BCUT2D eigenvalue weighted by molar-refractivity contribution is 5.67. The summed E-state index contributed by atoms with van der Waals surface area (Å²) >= 11 is 0. The van der Waals surface area contributed by atoms with E-state index >= 15 is 0 Å². The van der Waals surface area contributed by atoms with Crippen molar-refractivity contribution in [2.75, 3.05) is 13.2 Å². The van der Waals surface area contributed by atoms with Crippen molar-refractivity contribution >= 4 is 5.69 Å². The SMILES string of the molecule is Cc1c2c(c([N+](=O)[O-])c3c1OCCC3)OCCC2. The van der Waals surface area contributed by atoms with Crippen molar-refractivity contribution in [1.82, 2.24) is 0 Å². The van der Waals surface area contributed by atoms with Crippen molar-refractivity contribution in [3.05, 3.63) is 26.8 Å². The number of benzene rings is 1. The number of hydrogen-bond donors (Lipinski definition) is 0. The average Bonchev–Trinajstić information content (AvgIpc) is 2.39. The molecule has 96 valence electrons. The molecule has 0 N–H and O–H groups in total. The van der Waals surface area contributed by atoms with Crippen LogP contribution in [0.1, 0.15) is 29.5 Å². The fourth-order valence-electron chi connectivity index (χ4n) is 2.84. The minimum absolute atomic E-state index is 0.130. The third-order valence-electron chi connectivity index (χ3n) is 3.66. The fraction of sp³-hybridized carbons (Fsp3) is 0.538. The molecule has 0 aliphatic carbocycles. The van der Waals surface area contributed by atoms with E-state index in [0.29, 0.717) is 30.9 Å². The van der Waals surface area contributed by atoms with E-state index in [1.54, 1.807) is 0 Å². The normalized spacial score (nSPS) is 17.2. The molecule has 0 radical (unpaired) electrons. The molecule has 5 nitrogen and oxygen atoms in total. The third kappa shape index (κ3) is 1.54. The summed E-state index contributed by atoms with van der Waals surface area (Å²) in [4.78, 5) is 11.0. The van der Waals surface area contributed by atoms with Crippen LogP contribution in [0.2, 0.25) is 0 Å². The van der Waals surface area contributed by atoms with Crippen LogP contribution in [0.5, 0.6) is 11.5 Å². The van der Waals surface area contributed by atoms with E-state index in [0.717, 1.165) is 36.1 Å². The first-order valence-electron chi connectivity index (χ1n) is 6.28. The van der Waals surface area contributed by atoms with Crippen molar-refractivity contribution in [3.63, 3.8) is 0 Å². The molecule has 3 rings (SSSR count). The quantitative estimate of drug-likeness (QED) is 0.567. The molecular weight excluding hydrogens is 234 g/mol. The van der Waals surface area contributed by atoms with Crippen LogP contribution in [0.15, 0.2) is 0 Å². The molecule has 0 fully saturated rings. The van der Waals surface area contributed by atoms with E-state index < -0.39 is 0 Å². The Morgan fingerprint density at radius 2 is 1.67 bits per heavy atom. The molecular formula is C13H15NO4. The van der Waals surface area contributed by atoms with Gasteiger partial charge in [0.2, 0.25) is 5.75 Å². The Bertz CT molecular complexity index is 487. The van der Waals surface area contributed by atoms with Crippen LogP contribution >= 0.6 is 0 Å². The molecule has 0 unspecified atom stereocenters. The lowest BCUT2D eigenvalue weighted by Gasteiger charge is -2.26. The summed E-state index contributed by atoms with van der Waals surface area (Å²) in [5.41, 5.74) is 2.81. The van der Waals surface area contributed by atoms with Crippen molar-refractivity contribution in [1.29, 1.82) is 0 Å². The van der Waals surface area contributed by atoms with E-state index in [-0.39, 0.29) is 10.6 Å². The first kappa shape index (κ1) is 11.3. The van der Waals surface area contributed by atoms with Gasteiger partial charge in [-0.3, -0.25) is 10.1 Å². The zero-order valence-corrected chi connectivity index (χ0v) is 10.3. The average molecular weight is 249 g/mol. The number of hydrogen-bond acceptors (Lipinski definition) is 4. The largest absolute Gasteiger partial charge is 0.493 e. The lowest BCUT2D eigenvalue weighted by Crippen LogP contribution is -2.18. The highest BCUT2D eigenvalue weighted by atomic mass is 16.6. The summed E-state index contributed by atoms with van der Waals surface area (Å²) in [7, 11) is 0. The van der Waals surface area contributed by atoms with E-state index in [2.05, 4.69) is 0 Å². The smallest absolute Gasteiger partial charge is 0.318 e. The third-order valence-corrected chi connectivity index (χ3v) is 3.66. The summed E-state index contributed by atoms with van der Waals surface area (Å²) in [6, 6.07) is 0. The zero-order valence-electron chi connectivity index (χ0n) is 10.3. The van der Waals surface area contributed by atoms with Crippen molar-refractivity contribution in [3.8, 4) is 11.5 Å². The summed E-state index contributed by atoms with van der Waals surface area (Å²) in [5, 5.41) is 11.3. The van der Waals surface area contributed by atoms with E-state index in [1.165, 1.54) is 0 Å². The van der Waals surface area contributed by atoms with Crippen LogP contribution in [0, 0.1) is 17.0 Å². The van der Waals surface area contributed by atoms with Gasteiger partial charge in [0.05, 0.1) is 23.7 Å². The van der Waals surface area contributed by atoms with Gasteiger partial charge in [-0.2, -0.15) is 0 Å². The Labute approximate surface area is 105 Å². The summed E-state index contributed by atoms with van der Waals surface area (Å²) in [6.45, 7) is 3.18. The molecule has 2 aliphatic rings. The van der Waals surface area contributed by atoms with Crippen LogP contribution in [0.25, 0.3) is 0 Å². The monoisotopic (exact) mass is 249 g/mol. The zero-order chi connectivity index (χ0) is 12.7. The second kappa shape index (κ2) is 4.15. The van der Waals surface area contributed by atoms with Gasteiger partial charge in [0.15, 0.2) is 0 Å². The molecule has 0 atom stereocenters. The van der Waals surface area contributed by atoms with Crippen molar-refractivity contribution < 1.29 is 14.4 Å². The van der Waals surface area contributed by atoms with E-state index in [9.17, 15) is 10.1 Å². The van der Waals surface area contributed by atoms with Crippen molar-refractivity contribution in [2.45, 2.75) is 32.6 Å². The standard InChI is InChI=1S/C13H15NO4/c1-8-9-4-2-7-18-13(9)11(14(15)16)10-5-3-6-17-12(8)10/h2-7H2,1H3. The molecule has 2 aliphatic heterocycles. The Hall–Kier alpha value is -1.78. The summed E-state index contributed by atoms with van der Waals surface area (Å²) in [6.07, 6.45) is 3.26. The maximum atomic E-state index is 11.3. The number of ether oxygens (including phenoxy) is 2. The lowest BCUT2D eigenvalue weighted by molar-refractivity contribution is -0.386. The molecule has 0 saturated carbocycles. The van der Waals surface area contributed by atoms with Gasteiger partial charge in [-0.25, -0.2) is 0 Å². The van der Waals surface area contributed by atoms with E-state index in [4.69, 9.17) is 9.47 Å². The Morgan fingerprint density at radius 1 is 1.06 bits per heavy atom. The Balaban J connectivity index is 2.31. The minimum Gasteiger partial charge on any atom is -0.493 e. The molecule has 0 spiro atoms. The van der Waals surface area contributed by atoms with Gasteiger partial charge in [-0.1, -0.05) is 0 Å². The van der Waals surface area contributed by atoms with Crippen LogP contribution in [0.3, 0.4) is 0 Å². The second-order valence-electron chi connectivity index (χ2n) is 4.75. The molecule has 0 amide bonds. The van der Waals surface area contributed by atoms with Gasteiger partial charge in [0.25, 0.3) is 0 Å². The Kier molecular flexibility index (Phi) is 2.61. The molecule has 1 aromatic rings. The summed E-state index contributed by atoms with van der Waals surface area (Å²) in [5.74, 6) is 1.20. The second-order valence-corrected chi connectivity index (χ2v) is 4.75. The van der Waals surface area contributed by atoms with Crippen LogP contribution in [-0.2, 0) is 12.8 Å². The van der Waals surface area contributed by atoms with Crippen LogP contribution in [0.4, 0.5) is 5.69 Å². The van der Waals surface area contributed by atoms with E-state index in [1.807, 2.05) is 6.92 Å². The van der Waals surface area contributed by atoms with Gasteiger partial charge in [0.1, 0.15) is 5.75 Å². The molecule has 2 heterocycles. The van der Waals surface area contributed by atoms with Crippen LogP contribution in [-0.4, -0.2) is 18.1 Å². The van der Waals surface area contributed by atoms with Gasteiger partial charge in [-0.15, -0.1) is 0 Å². The predicted molar refractivity (Wildman–Crippen MR) is 65.5 cm³/mol. The topological polar surface area (TPSA) is 61.6 Å². The molecule has 5 heteroatoms. The van der Waals surface area contributed by atoms with Gasteiger partial charge in [0, 0.05) is 5.56 Å². The fourth-order valence-corrected chi connectivity index (χ4v) is 2.84. The number of nitrogens with zero attached hydrogens (tertiary/aromatic N) is 1. The maximum Gasteiger partial charge on any atom is 0.318 e.